The Hall–Kier alpha value is -2.64. The average molecular weight is 284 g/mol. The predicted molar refractivity (Wildman–Crippen MR) is 67.0 cm³/mol. The SMILES string of the molecule is COC(=O)CCNC(=O)Nc1cc(C(=O)O)ccc1F. The van der Waals surface area contributed by atoms with Gasteiger partial charge >= 0.3 is 18.0 Å². The highest BCUT2D eigenvalue weighted by atomic mass is 19.1. The van der Waals surface area contributed by atoms with Crippen molar-refractivity contribution in [1.82, 2.24) is 5.32 Å². The number of carboxylic acid groups (broad SMARTS) is 1. The number of methoxy groups -OCH3 is 1. The molecule has 0 aliphatic rings. The first-order valence-corrected chi connectivity index (χ1v) is 5.58. The highest BCUT2D eigenvalue weighted by Crippen LogP contribution is 2.16. The molecule has 1 rings (SSSR count). The summed E-state index contributed by atoms with van der Waals surface area (Å²) in [5.41, 5.74) is -0.420. The molecule has 0 saturated carbocycles. The zero-order chi connectivity index (χ0) is 15.1. The van der Waals surface area contributed by atoms with Crippen LogP contribution in [0, 0.1) is 5.82 Å². The number of aromatic carboxylic acids is 1. The number of carbonyl (C=O) groups is 3. The molecule has 0 atom stereocenters. The Bertz CT molecular complexity index is 533. The van der Waals surface area contributed by atoms with Crippen molar-refractivity contribution in [3.63, 3.8) is 0 Å². The third-order valence-corrected chi connectivity index (χ3v) is 2.30. The largest absolute Gasteiger partial charge is 0.478 e. The Morgan fingerprint density at radius 1 is 1.35 bits per heavy atom. The number of ether oxygens (including phenoxy) is 1. The maximum Gasteiger partial charge on any atom is 0.335 e. The number of urea groups is 1. The first-order chi connectivity index (χ1) is 9.43. The molecule has 0 bridgehead atoms. The lowest BCUT2D eigenvalue weighted by atomic mass is 10.2. The summed E-state index contributed by atoms with van der Waals surface area (Å²) in [5, 5.41) is 13.2. The van der Waals surface area contributed by atoms with Gasteiger partial charge in [-0.3, -0.25) is 4.79 Å². The fourth-order valence-electron chi connectivity index (χ4n) is 1.30. The summed E-state index contributed by atoms with van der Waals surface area (Å²) in [6, 6.07) is 2.26. The number of hydrogen-bond acceptors (Lipinski definition) is 4. The predicted octanol–water partition coefficient (Wildman–Crippen LogP) is 1.21. The number of anilines is 1. The highest BCUT2D eigenvalue weighted by molar-refractivity contribution is 5.93. The van der Waals surface area contributed by atoms with Crippen LogP contribution < -0.4 is 10.6 Å². The first kappa shape index (κ1) is 15.4. The summed E-state index contributed by atoms with van der Waals surface area (Å²) in [7, 11) is 1.22. The molecule has 0 radical (unpaired) electrons. The third-order valence-electron chi connectivity index (χ3n) is 2.30. The number of hydrogen-bond donors (Lipinski definition) is 3. The van der Waals surface area contributed by atoms with Crippen LogP contribution in [0.1, 0.15) is 16.8 Å². The van der Waals surface area contributed by atoms with Gasteiger partial charge in [0, 0.05) is 6.54 Å². The first-order valence-electron chi connectivity index (χ1n) is 5.58. The summed E-state index contributed by atoms with van der Waals surface area (Å²) in [4.78, 5) is 33.0. The van der Waals surface area contributed by atoms with Crippen LogP contribution in [0.25, 0.3) is 0 Å². The molecule has 0 aromatic heterocycles. The second-order valence-corrected chi connectivity index (χ2v) is 3.71. The van der Waals surface area contributed by atoms with Crippen LogP contribution in [0.3, 0.4) is 0 Å². The second kappa shape index (κ2) is 7.07. The van der Waals surface area contributed by atoms with Gasteiger partial charge < -0.3 is 20.5 Å². The lowest BCUT2D eigenvalue weighted by Gasteiger charge is -2.08. The topological polar surface area (TPSA) is 105 Å². The van der Waals surface area contributed by atoms with E-state index >= 15 is 0 Å². The van der Waals surface area contributed by atoms with Crippen molar-refractivity contribution in [2.45, 2.75) is 6.42 Å². The lowest BCUT2D eigenvalue weighted by molar-refractivity contribution is -0.140. The van der Waals surface area contributed by atoms with Crippen molar-refractivity contribution in [3.8, 4) is 0 Å². The van der Waals surface area contributed by atoms with Crippen LogP contribution in [-0.2, 0) is 9.53 Å². The molecule has 1 aromatic rings. The van der Waals surface area contributed by atoms with Crippen molar-refractivity contribution in [2.75, 3.05) is 19.0 Å². The number of halogens is 1. The maximum absolute atomic E-state index is 13.4. The Labute approximate surface area is 113 Å². The highest BCUT2D eigenvalue weighted by Gasteiger charge is 2.11. The monoisotopic (exact) mass is 284 g/mol. The summed E-state index contributed by atoms with van der Waals surface area (Å²) in [6.07, 6.45) is -0.0262. The van der Waals surface area contributed by atoms with Gasteiger partial charge in [-0.15, -0.1) is 0 Å². The van der Waals surface area contributed by atoms with E-state index in [-0.39, 0.29) is 24.2 Å². The molecule has 0 heterocycles. The van der Waals surface area contributed by atoms with E-state index in [0.29, 0.717) is 0 Å². The third kappa shape index (κ3) is 4.56. The van der Waals surface area contributed by atoms with Crippen molar-refractivity contribution in [3.05, 3.63) is 29.6 Å². The smallest absolute Gasteiger partial charge is 0.335 e. The molecule has 1 aromatic carbocycles. The quantitative estimate of drug-likeness (QED) is 0.705. The van der Waals surface area contributed by atoms with E-state index in [2.05, 4.69) is 15.4 Å². The van der Waals surface area contributed by atoms with Crippen molar-refractivity contribution < 1.29 is 28.6 Å². The van der Waals surface area contributed by atoms with E-state index in [9.17, 15) is 18.8 Å². The van der Waals surface area contributed by atoms with Crippen molar-refractivity contribution >= 4 is 23.7 Å². The minimum atomic E-state index is -1.24. The van der Waals surface area contributed by atoms with Gasteiger partial charge in [-0.2, -0.15) is 0 Å². The standard InChI is InChI=1S/C12H13FN2O5/c1-20-10(16)4-5-14-12(19)15-9-6-7(11(17)18)2-3-8(9)13/h2-3,6H,4-5H2,1H3,(H,17,18)(H2,14,15,19). The molecule has 3 N–H and O–H groups in total. The Morgan fingerprint density at radius 3 is 2.65 bits per heavy atom. The maximum atomic E-state index is 13.4. The Morgan fingerprint density at radius 2 is 2.05 bits per heavy atom. The molecule has 20 heavy (non-hydrogen) atoms. The van der Waals surface area contributed by atoms with Gasteiger partial charge in [-0.25, -0.2) is 14.0 Å². The van der Waals surface area contributed by atoms with Gasteiger partial charge in [-0.05, 0) is 18.2 Å². The van der Waals surface area contributed by atoms with Crippen LogP contribution in [0.15, 0.2) is 18.2 Å². The van der Waals surface area contributed by atoms with Gasteiger partial charge in [-0.1, -0.05) is 0 Å². The molecular weight excluding hydrogens is 271 g/mol. The average Bonchev–Trinajstić information content (AvgIpc) is 2.40. The molecule has 8 heteroatoms. The molecule has 0 aliphatic heterocycles. The fourth-order valence-corrected chi connectivity index (χ4v) is 1.30. The van der Waals surface area contributed by atoms with Gasteiger partial charge in [0.15, 0.2) is 0 Å². The fraction of sp³-hybridized carbons (Fsp3) is 0.250. The molecule has 0 saturated heterocycles. The summed E-state index contributed by atoms with van der Waals surface area (Å²) < 4.78 is 17.8. The van der Waals surface area contributed by atoms with E-state index in [1.807, 2.05) is 0 Å². The van der Waals surface area contributed by atoms with E-state index < -0.39 is 23.8 Å². The lowest BCUT2D eigenvalue weighted by Crippen LogP contribution is -2.31. The van der Waals surface area contributed by atoms with Crippen molar-refractivity contribution in [2.24, 2.45) is 0 Å². The molecular formula is C12H13FN2O5. The van der Waals surface area contributed by atoms with Gasteiger partial charge in [0.1, 0.15) is 5.82 Å². The molecule has 0 spiro atoms. The minimum Gasteiger partial charge on any atom is -0.478 e. The number of nitrogens with one attached hydrogen (secondary N) is 2. The summed E-state index contributed by atoms with van der Waals surface area (Å²) >= 11 is 0. The van der Waals surface area contributed by atoms with Gasteiger partial charge in [0.2, 0.25) is 0 Å². The van der Waals surface area contributed by atoms with E-state index in [1.165, 1.54) is 7.11 Å². The number of esters is 1. The number of carboxylic acids is 1. The molecule has 2 amide bonds. The number of rotatable bonds is 5. The van der Waals surface area contributed by atoms with E-state index in [4.69, 9.17) is 5.11 Å². The number of carbonyl (C=O) groups excluding carboxylic acids is 2. The molecule has 108 valence electrons. The summed E-state index contributed by atoms with van der Waals surface area (Å²) in [6.45, 7) is 0.0126. The molecule has 0 unspecified atom stereocenters. The zero-order valence-corrected chi connectivity index (χ0v) is 10.6. The van der Waals surface area contributed by atoms with Crippen molar-refractivity contribution in [1.29, 1.82) is 0 Å². The Balaban J connectivity index is 2.59. The van der Waals surface area contributed by atoms with Gasteiger partial charge in [0.25, 0.3) is 0 Å². The van der Waals surface area contributed by atoms with E-state index in [1.54, 1.807) is 0 Å². The number of benzene rings is 1. The summed E-state index contributed by atoms with van der Waals surface area (Å²) in [5.74, 6) is -2.50. The van der Waals surface area contributed by atoms with Crippen LogP contribution in [0.4, 0.5) is 14.9 Å². The number of amides is 2. The van der Waals surface area contributed by atoms with E-state index in [0.717, 1.165) is 18.2 Å². The van der Waals surface area contributed by atoms with Crippen LogP contribution >= 0.6 is 0 Å². The Kier molecular flexibility index (Phi) is 5.45. The second-order valence-electron chi connectivity index (χ2n) is 3.71. The van der Waals surface area contributed by atoms with Crippen LogP contribution in [0.5, 0.6) is 0 Å². The molecule has 7 nitrogen and oxygen atoms in total. The molecule has 0 aliphatic carbocycles. The zero-order valence-electron chi connectivity index (χ0n) is 10.6. The molecule has 0 fully saturated rings. The van der Waals surface area contributed by atoms with Crippen LogP contribution in [0.2, 0.25) is 0 Å². The minimum absolute atomic E-state index is 0.0126. The van der Waals surface area contributed by atoms with Gasteiger partial charge in [0.05, 0.1) is 24.8 Å². The van der Waals surface area contributed by atoms with Crippen LogP contribution in [-0.4, -0.2) is 36.7 Å². The normalized spacial score (nSPS) is 9.70.